The van der Waals surface area contributed by atoms with Crippen molar-refractivity contribution in [2.75, 3.05) is 19.6 Å². The smallest absolute Gasteiger partial charge is 0.245 e. The van der Waals surface area contributed by atoms with Gasteiger partial charge in [-0.25, -0.2) is 12.8 Å². The van der Waals surface area contributed by atoms with Gasteiger partial charge in [0.25, 0.3) is 0 Å². The van der Waals surface area contributed by atoms with E-state index in [4.69, 9.17) is 5.73 Å². The number of nitrogens with two attached hydrogens (primary N) is 1. The van der Waals surface area contributed by atoms with Crippen LogP contribution in [0.3, 0.4) is 0 Å². The zero-order valence-corrected chi connectivity index (χ0v) is 11.8. The summed E-state index contributed by atoms with van der Waals surface area (Å²) in [4.78, 5) is -0.223. The lowest BCUT2D eigenvalue weighted by Gasteiger charge is -2.30. The van der Waals surface area contributed by atoms with Gasteiger partial charge in [0.1, 0.15) is 10.7 Å². The molecule has 6 heteroatoms. The molecule has 0 bridgehead atoms. The van der Waals surface area contributed by atoms with Crippen molar-refractivity contribution >= 4 is 10.0 Å². The molecule has 106 valence electrons. The normalized spacial score (nSPS) is 18.7. The first-order valence-electron chi connectivity index (χ1n) is 6.41. The Morgan fingerprint density at radius 2 is 2.00 bits per heavy atom. The maximum Gasteiger partial charge on any atom is 0.245 e. The molecule has 2 rings (SSSR count). The lowest BCUT2D eigenvalue weighted by Crippen LogP contribution is -2.40. The molecule has 0 aliphatic carbocycles. The summed E-state index contributed by atoms with van der Waals surface area (Å²) in [6, 6.07) is 4.16. The molecule has 1 heterocycles. The molecule has 4 nitrogen and oxygen atoms in total. The fourth-order valence-electron chi connectivity index (χ4n) is 2.33. The number of rotatable bonds is 3. The van der Waals surface area contributed by atoms with Crippen molar-refractivity contribution in [3.05, 3.63) is 29.6 Å². The SMILES string of the molecule is Cc1ccc(F)c(S(=O)(=O)N2CCC(CN)CC2)c1. The first-order chi connectivity index (χ1) is 8.95. The average molecular weight is 286 g/mol. The minimum Gasteiger partial charge on any atom is -0.330 e. The lowest BCUT2D eigenvalue weighted by molar-refractivity contribution is 0.278. The fourth-order valence-corrected chi connectivity index (χ4v) is 3.95. The third kappa shape index (κ3) is 2.96. The molecule has 0 aromatic heterocycles. The van der Waals surface area contributed by atoms with Gasteiger partial charge >= 0.3 is 0 Å². The number of hydrogen-bond acceptors (Lipinski definition) is 3. The van der Waals surface area contributed by atoms with Gasteiger partial charge in [-0.1, -0.05) is 6.07 Å². The molecule has 19 heavy (non-hydrogen) atoms. The topological polar surface area (TPSA) is 63.4 Å². The molecular weight excluding hydrogens is 267 g/mol. The molecule has 1 aliphatic heterocycles. The van der Waals surface area contributed by atoms with E-state index in [0.717, 1.165) is 18.4 Å². The molecule has 0 amide bonds. The molecule has 2 N–H and O–H groups in total. The number of sulfonamides is 1. The summed E-state index contributed by atoms with van der Waals surface area (Å²) in [7, 11) is -3.73. The van der Waals surface area contributed by atoms with E-state index in [1.807, 2.05) is 0 Å². The molecule has 0 radical (unpaired) electrons. The van der Waals surface area contributed by atoms with Crippen LogP contribution in [0.2, 0.25) is 0 Å². The Morgan fingerprint density at radius 3 is 2.58 bits per heavy atom. The number of benzene rings is 1. The van der Waals surface area contributed by atoms with Gasteiger partial charge in [0, 0.05) is 13.1 Å². The molecule has 1 saturated heterocycles. The predicted molar refractivity (Wildman–Crippen MR) is 71.7 cm³/mol. The summed E-state index contributed by atoms with van der Waals surface area (Å²) >= 11 is 0. The van der Waals surface area contributed by atoms with Crippen molar-refractivity contribution in [3.8, 4) is 0 Å². The number of halogens is 1. The highest BCUT2D eigenvalue weighted by Gasteiger charge is 2.30. The van der Waals surface area contributed by atoms with Crippen molar-refractivity contribution in [3.63, 3.8) is 0 Å². The largest absolute Gasteiger partial charge is 0.330 e. The van der Waals surface area contributed by atoms with Crippen molar-refractivity contribution in [2.45, 2.75) is 24.7 Å². The fraction of sp³-hybridized carbons (Fsp3) is 0.538. The van der Waals surface area contributed by atoms with Crippen molar-refractivity contribution in [1.29, 1.82) is 0 Å². The Morgan fingerprint density at radius 1 is 1.37 bits per heavy atom. The third-order valence-electron chi connectivity index (χ3n) is 3.61. The Labute approximate surface area is 113 Å². The van der Waals surface area contributed by atoms with E-state index in [1.54, 1.807) is 13.0 Å². The molecule has 0 saturated carbocycles. The van der Waals surface area contributed by atoms with E-state index in [0.29, 0.717) is 25.6 Å². The van der Waals surface area contributed by atoms with Gasteiger partial charge in [0.2, 0.25) is 10.0 Å². The van der Waals surface area contributed by atoms with E-state index < -0.39 is 15.8 Å². The van der Waals surface area contributed by atoms with E-state index >= 15 is 0 Å². The second kappa shape index (κ2) is 5.56. The van der Waals surface area contributed by atoms with Crippen LogP contribution in [0.5, 0.6) is 0 Å². The second-order valence-electron chi connectivity index (χ2n) is 5.02. The van der Waals surface area contributed by atoms with Gasteiger partial charge in [0.15, 0.2) is 0 Å². The lowest BCUT2D eigenvalue weighted by atomic mass is 9.99. The summed E-state index contributed by atoms with van der Waals surface area (Å²) in [5, 5.41) is 0. The molecule has 0 unspecified atom stereocenters. The van der Waals surface area contributed by atoms with E-state index in [2.05, 4.69) is 0 Å². The maximum absolute atomic E-state index is 13.7. The molecule has 1 aromatic rings. The zero-order valence-electron chi connectivity index (χ0n) is 11.0. The zero-order chi connectivity index (χ0) is 14.0. The number of nitrogens with zero attached hydrogens (tertiary/aromatic N) is 1. The first kappa shape index (κ1) is 14.4. The summed E-state index contributed by atoms with van der Waals surface area (Å²) in [6.45, 7) is 3.15. The molecular formula is C13H19FN2O2S. The van der Waals surface area contributed by atoms with Crippen LogP contribution in [-0.4, -0.2) is 32.4 Å². The minimum atomic E-state index is -3.73. The average Bonchev–Trinajstić information content (AvgIpc) is 2.41. The third-order valence-corrected chi connectivity index (χ3v) is 5.53. The van der Waals surface area contributed by atoms with E-state index in [-0.39, 0.29) is 4.90 Å². The van der Waals surface area contributed by atoms with Crippen LogP contribution < -0.4 is 5.73 Å². The summed E-state index contributed by atoms with van der Waals surface area (Å²) in [5.41, 5.74) is 6.32. The standard InChI is InChI=1S/C13H19FN2O2S/c1-10-2-3-12(14)13(8-10)19(17,18)16-6-4-11(9-15)5-7-16/h2-3,8,11H,4-7,9,15H2,1H3. The Balaban J connectivity index is 2.26. The monoisotopic (exact) mass is 286 g/mol. The minimum absolute atomic E-state index is 0.223. The summed E-state index contributed by atoms with van der Waals surface area (Å²) in [5.74, 6) is -0.319. The van der Waals surface area contributed by atoms with Crippen LogP contribution in [0.15, 0.2) is 23.1 Å². The highest BCUT2D eigenvalue weighted by Crippen LogP contribution is 2.25. The Hall–Kier alpha value is -0.980. The van der Waals surface area contributed by atoms with Crippen LogP contribution in [0, 0.1) is 18.7 Å². The van der Waals surface area contributed by atoms with Gasteiger partial charge in [-0.2, -0.15) is 4.31 Å². The molecule has 1 fully saturated rings. The molecule has 0 atom stereocenters. The van der Waals surface area contributed by atoms with Gasteiger partial charge in [-0.05, 0) is 49.9 Å². The predicted octanol–water partition coefficient (Wildman–Crippen LogP) is 1.49. The van der Waals surface area contributed by atoms with Gasteiger partial charge in [-0.3, -0.25) is 0 Å². The van der Waals surface area contributed by atoms with Crippen LogP contribution in [-0.2, 0) is 10.0 Å². The Kier molecular flexibility index (Phi) is 4.23. The number of aryl methyl sites for hydroxylation is 1. The maximum atomic E-state index is 13.7. The van der Waals surface area contributed by atoms with Crippen LogP contribution >= 0.6 is 0 Å². The van der Waals surface area contributed by atoms with Crippen molar-refractivity contribution < 1.29 is 12.8 Å². The van der Waals surface area contributed by atoms with Crippen molar-refractivity contribution in [1.82, 2.24) is 4.31 Å². The van der Waals surface area contributed by atoms with Gasteiger partial charge in [-0.15, -0.1) is 0 Å². The highest BCUT2D eigenvalue weighted by atomic mass is 32.2. The number of hydrogen-bond donors (Lipinski definition) is 1. The van der Waals surface area contributed by atoms with Crippen LogP contribution in [0.4, 0.5) is 4.39 Å². The van der Waals surface area contributed by atoms with E-state index in [9.17, 15) is 12.8 Å². The second-order valence-corrected chi connectivity index (χ2v) is 6.92. The molecule has 0 spiro atoms. The summed E-state index contributed by atoms with van der Waals surface area (Å²) < 4.78 is 39.9. The van der Waals surface area contributed by atoms with Crippen LogP contribution in [0.25, 0.3) is 0 Å². The molecule has 1 aromatic carbocycles. The van der Waals surface area contributed by atoms with Gasteiger partial charge < -0.3 is 5.73 Å². The summed E-state index contributed by atoms with van der Waals surface area (Å²) in [6.07, 6.45) is 1.48. The van der Waals surface area contributed by atoms with Crippen molar-refractivity contribution in [2.24, 2.45) is 11.7 Å². The van der Waals surface area contributed by atoms with E-state index in [1.165, 1.54) is 16.4 Å². The highest BCUT2D eigenvalue weighted by molar-refractivity contribution is 7.89. The molecule has 1 aliphatic rings. The van der Waals surface area contributed by atoms with Gasteiger partial charge in [0.05, 0.1) is 0 Å². The first-order valence-corrected chi connectivity index (χ1v) is 7.85. The number of piperidine rings is 1. The van der Waals surface area contributed by atoms with Crippen LogP contribution in [0.1, 0.15) is 18.4 Å². The quantitative estimate of drug-likeness (QED) is 0.915. The Bertz CT molecular complexity index is 552.